The second-order valence-corrected chi connectivity index (χ2v) is 8.31. The summed E-state index contributed by atoms with van der Waals surface area (Å²) in [7, 11) is 0. The third kappa shape index (κ3) is 8.60. The lowest BCUT2D eigenvalue weighted by molar-refractivity contribution is 0.103. The second kappa shape index (κ2) is 13.5. The molecule has 0 aliphatic heterocycles. The molecule has 0 fully saturated rings. The normalized spacial score (nSPS) is 10.8. The molecular weight excluding hydrogens is 412 g/mol. The highest BCUT2D eigenvalue weighted by Gasteiger charge is 2.08. The quantitative estimate of drug-likeness (QED) is 0.218. The number of ether oxygens (including phenoxy) is 1. The maximum absolute atomic E-state index is 12.5. The molecule has 152 valence electrons. The van der Waals surface area contributed by atoms with E-state index >= 15 is 0 Å². The average Bonchev–Trinajstić information content (AvgIpc) is 2.72. The van der Waals surface area contributed by atoms with E-state index in [1.54, 1.807) is 0 Å². The molecule has 0 aliphatic rings. The Hall–Kier alpha value is -1.61. The first kappa shape index (κ1) is 22.7. The molecule has 0 aromatic heterocycles. The van der Waals surface area contributed by atoms with Gasteiger partial charge in [-0.2, -0.15) is 0 Å². The first-order valence-corrected chi connectivity index (χ1v) is 11.5. The smallest absolute Gasteiger partial charge is 0.193 e. The Kier molecular flexibility index (Phi) is 11.0. The van der Waals surface area contributed by atoms with Crippen molar-refractivity contribution in [3.63, 3.8) is 0 Å². The summed E-state index contributed by atoms with van der Waals surface area (Å²) in [6.45, 7) is 3.01. The van der Waals surface area contributed by atoms with Gasteiger partial charge in [0, 0.05) is 15.6 Å². The molecule has 28 heavy (non-hydrogen) atoms. The van der Waals surface area contributed by atoms with Crippen LogP contribution in [0.25, 0.3) is 0 Å². The number of ketones is 1. The number of carbonyl (C=O) groups is 1. The van der Waals surface area contributed by atoms with Gasteiger partial charge in [-0.05, 0) is 55.0 Å². The molecule has 0 amide bonds. The van der Waals surface area contributed by atoms with Crippen LogP contribution >= 0.6 is 15.9 Å². The zero-order chi connectivity index (χ0) is 20.0. The van der Waals surface area contributed by atoms with E-state index in [9.17, 15) is 4.79 Å². The van der Waals surface area contributed by atoms with Gasteiger partial charge in [-0.3, -0.25) is 4.79 Å². The number of carbonyl (C=O) groups excluding carboxylic acids is 1. The SMILES string of the molecule is CCCCCCCCCCCCOc1ccc(C(=O)c2ccc(Br)cc2)cc1. The fourth-order valence-electron chi connectivity index (χ4n) is 3.25. The Morgan fingerprint density at radius 3 is 1.71 bits per heavy atom. The second-order valence-electron chi connectivity index (χ2n) is 7.39. The molecule has 0 bridgehead atoms. The molecule has 0 heterocycles. The Morgan fingerprint density at radius 2 is 1.18 bits per heavy atom. The van der Waals surface area contributed by atoms with Crippen molar-refractivity contribution in [2.45, 2.75) is 71.1 Å². The third-order valence-electron chi connectivity index (χ3n) is 4.99. The lowest BCUT2D eigenvalue weighted by Gasteiger charge is -2.07. The van der Waals surface area contributed by atoms with E-state index in [1.807, 2.05) is 48.5 Å². The van der Waals surface area contributed by atoms with Gasteiger partial charge in [0.25, 0.3) is 0 Å². The molecule has 0 saturated carbocycles. The van der Waals surface area contributed by atoms with Gasteiger partial charge in [0.15, 0.2) is 5.78 Å². The Bertz CT molecular complexity index is 677. The van der Waals surface area contributed by atoms with Gasteiger partial charge in [-0.25, -0.2) is 0 Å². The van der Waals surface area contributed by atoms with Crippen molar-refractivity contribution in [1.29, 1.82) is 0 Å². The molecule has 0 N–H and O–H groups in total. The fourth-order valence-corrected chi connectivity index (χ4v) is 3.51. The van der Waals surface area contributed by atoms with Crippen molar-refractivity contribution in [2.24, 2.45) is 0 Å². The molecule has 2 nitrogen and oxygen atoms in total. The Balaban J connectivity index is 1.59. The standard InChI is InChI=1S/C25H33BrO2/c1-2-3-4-5-6-7-8-9-10-11-20-28-24-18-14-22(15-19-24)25(27)21-12-16-23(26)17-13-21/h12-19H,2-11,20H2,1H3. The first-order valence-electron chi connectivity index (χ1n) is 10.7. The summed E-state index contributed by atoms with van der Waals surface area (Å²) in [5, 5.41) is 0. The number of rotatable bonds is 14. The minimum atomic E-state index is 0.0359. The maximum atomic E-state index is 12.5. The number of hydrogen-bond acceptors (Lipinski definition) is 2. The van der Waals surface area contributed by atoms with Gasteiger partial charge < -0.3 is 4.74 Å². The molecule has 0 aliphatic carbocycles. The lowest BCUT2D eigenvalue weighted by atomic mass is 10.0. The van der Waals surface area contributed by atoms with Gasteiger partial charge in [0.05, 0.1) is 6.61 Å². The molecule has 0 radical (unpaired) electrons. The molecular formula is C25H33BrO2. The van der Waals surface area contributed by atoms with Crippen LogP contribution in [0.1, 0.15) is 87.1 Å². The minimum Gasteiger partial charge on any atom is -0.494 e. The van der Waals surface area contributed by atoms with Crippen LogP contribution in [0, 0.1) is 0 Å². The number of halogens is 1. The number of hydrogen-bond donors (Lipinski definition) is 0. The van der Waals surface area contributed by atoms with Crippen LogP contribution in [0.5, 0.6) is 5.75 Å². The van der Waals surface area contributed by atoms with E-state index in [0.29, 0.717) is 11.1 Å². The molecule has 0 unspecified atom stereocenters. The summed E-state index contributed by atoms with van der Waals surface area (Å²) in [5.74, 6) is 0.872. The van der Waals surface area contributed by atoms with Crippen molar-refractivity contribution in [3.8, 4) is 5.75 Å². The van der Waals surface area contributed by atoms with Gasteiger partial charge in [0.2, 0.25) is 0 Å². The molecule has 0 saturated heterocycles. The van der Waals surface area contributed by atoms with Gasteiger partial charge in [-0.15, -0.1) is 0 Å². The van der Waals surface area contributed by atoms with Crippen molar-refractivity contribution in [3.05, 3.63) is 64.1 Å². The molecule has 0 spiro atoms. The zero-order valence-corrected chi connectivity index (χ0v) is 18.7. The first-order chi connectivity index (χ1) is 13.7. The molecule has 2 aromatic carbocycles. The number of benzene rings is 2. The summed E-state index contributed by atoms with van der Waals surface area (Å²) in [4.78, 5) is 12.5. The fraction of sp³-hybridized carbons (Fsp3) is 0.480. The van der Waals surface area contributed by atoms with Gasteiger partial charge in [-0.1, -0.05) is 80.6 Å². The summed E-state index contributed by atoms with van der Waals surface area (Å²) in [6, 6.07) is 14.9. The van der Waals surface area contributed by atoms with Crippen molar-refractivity contribution in [2.75, 3.05) is 6.61 Å². The highest BCUT2D eigenvalue weighted by Crippen LogP contribution is 2.18. The van der Waals surface area contributed by atoms with Gasteiger partial charge in [0.1, 0.15) is 5.75 Å². The largest absolute Gasteiger partial charge is 0.494 e. The van der Waals surface area contributed by atoms with Crippen LogP contribution in [0.2, 0.25) is 0 Å². The lowest BCUT2D eigenvalue weighted by Crippen LogP contribution is -2.02. The molecule has 3 heteroatoms. The van der Waals surface area contributed by atoms with Crippen LogP contribution in [0.3, 0.4) is 0 Å². The summed E-state index contributed by atoms with van der Waals surface area (Å²) < 4.78 is 6.79. The van der Waals surface area contributed by atoms with Crippen LogP contribution in [0.4, 0.5) is 0 Å². The number of unbranched alkanes of at least 4 members (excludes halogenated alkanes) is 9. The van der Waals surface area contributed by atoms with E-state index < -0.39 is 0 Å². The van der Waals surface area contributed by atoms with Crippen LogP contribution in [-0.4, -0.2) is 12.4 Å². The molecule has 2 aromatic rings. The molecule has 0 atom stereocenters. The maximum Gasteiger partial charge on any atom is 0.193 e. The van der Waals surface area contributed by atoms with Gasteiger partial charge >= 0.3 is 0 Å². The highest BCUT2D eigenvalue weighted by atomic mass is 79.9. The van der Waals surface area contributed by atoms with E-state index in [-0.39, 0.29) is 5.78 Å². The van der Waals surface area contributed by atoms with Crippen LogP contribution in [-0.2, 0) is 0 Å². The third-order valence-corrected chi connectivity index (χ3v) is 5.52. The Labute approximate surface area is 178 Å². The summed E-state index contributed by atoms with van der Waals surface area (Å²) >= 11 is 3.39. The van der Waals surface area contributed by atoms with E-state index in [0.717, 1.165) is 23.2 Å². The van der Waals surface area contributed by atoms with Crippen LogP contribution < -0.4 is 4.74 Å². The van der Waals surface area contributed by atoms with E-state index in [1.165, 1.54) is 57.8 Å². The van der Waals surface area contributed by atoms with Crippen molar-refractivity contribution in [1.82, 2.24) is 0 Å². The van der Waals surface area contributed by atoms with E-state index in [4.69, 9.17) is 4.74 Å². The summed E-state index contributed by atoms with van der Waals surface area (Å²) in [5.41, 5.74) is 1.39. The summed E-state index contributed by atoms with van der Waals surface area (Å²) in [6.07, 6.45) is 13.2. The average molecular weight is 445 g/mol. The topological polar surface area (TPSA) is 26.3 Å². The zero-order valence-electron chi connectivity index (χ0n) is 17.1. The van der Waals surface area contributed by atoms with E-state index in [2.05, 4.69) is 22.9 Å². The Morgan fingerprint density at radius 1 is 0.714 bits per heavy atom. The van der Waals surface area contributed by atoms with Crippen molar-refractivity contribution >= 4 is 21.7 Å². The predicted octanol–water partition coefficient (Wildman–Crippen LogP) is 7.98. The highest BCUT2D eigenvalue weighted by molar-refractivity contribution is 9.10. The monoisotopic (exact) mass is 444 g/mol. The van der Waals surface area contributed by atoms with Crippen molar-refractivity contribution < 1.29 is 9.53 Å². The van der Waals surface area contributed by atoms with Crippen LogP contribution in [0.15, 0.2) is 53.0 Å². The molecule has 2 rings (SSSR count). The minimum absolute atomic E-state index is 0.0359. The predicted molar refractivity (Wildman–Crippen MR) is 121 cm³/mol.